The van der Waals surface area contributed by atoms with Crippen molar-refractivity contribution in [3.05, 3.63) is 18.1 Å². The fourth-order valence-corrected chi connectivity index (χ4v) is 4.11. The Kier molecular flexibility index (Phi) is 4.30. The summed E-state index contributed by atoms with van der Waals surface area (Å²) >= 11 is 0. The van der Waals surface area contributed by atoms with Crippen LogP contribution >= 0.6 is 0 Å². The number of fused-ring (bicyclic) bond motifs is 1. The lowest BCUT2D eigenvalue weighted by Gasteiger charge is -2.45. The van der Waals surface area contributed by atoms with Crippen LogP contribution in [0.5, 0.6) is 0 Å². The predicted molar refractivity (Wildman–Crippen MR) is 94.4 cm³/mol. The maximum atomic E-state index is 13.1. The molecule has 0 aromatic carbocycles. The Hall–Kier alpha value is -2.82. The van der Waals surface area contributed by atoms with E-state index in [-0.39, 0.29) is 29.9 Å². The monoisotopic (exact) mass is 386 g/mol. The third-order valence-corrected chi connectivity index (χ3v) is 5.75. The topological polar surface area (TPSA) is 131 Å². The molecule has 3 atom stereocenters. The van der Waals surface area contributed by atoms with Crippen molar-refractivity contribution in [2.24, 2.45) is 5.92 Å². The number of hydrogen-bond donors (Lipinski definition) is 2. The van der Waals surface area contributed by atoms with Crippen molar-refractivity contribution in [2.75, 3.05) is 13.2 Å². The van der Waals surface area contributed by atoms with Gasteiger partial charge in [0.25, 0.3) is 5.91 Å². The van der Waals surface area contributed by atoms with Crippen molar-refractivity contribution in [1.82, 2.24) is 40.6 Å². The predicted octanol–water partition coefficient (Wildman–Crippen LogP) is -0.326. The molecule has 0 spiro atoms. The molecule has 3 heterocycles. The molecule has 11 nitrogen and oxygen atoms in total. The van der Waals surface area contributed by atoms with Gasteiger partial charge in [-0.25, -0.2) is 0 Å². The van der Waals surface area contributed by atoms with Crippen molar-refractivity contribution in [1.29, 1.82) is 0 Å². The molecule has 2 aliphatic carbocycles. The Morgan fingerprint density at radius 3 is 2.93 bits per heavy atom. The van der Waals surface area contributed by atoms with Crippen LogP contribution < -0.4 is 5.32 Å². The van der Waals surface area contributed by atoms with E-state index in [4.69, 9.17) is 4.74 Å². The number of ether oxygens (including phenoxy) is 1. The van der Waals surface area contributed by atoms with Crippen LogP contribution in [-0.2, 0) is 9.53 Å². The Morgan fingerprint density at radius 1 is 1.25 bits per heavy atom. The van der Waals surface area contributed by atoms with Crippen molar-refractivity contribution in [3.8, 4) is 5.82 Å². The molecule has 1 saturated heterocycles. The summed E-state index contributed by atoms with van der Waals surface area (Å²) in [5, 5.41) is 20.9. The number of tetrazole rings is 1. The molecule has 0 radical (unpaired) electrons. The van der Waals surface area contributed by atoms with E-state index < -0.39 is 0 Å². The lowest BCUT2D eigenvalue weighted by molar-refractivity contribution is -0.131. The minimum absolute atomic E-state index is 0.0235. The van der Waals surface area contributed by atoms with E-state index in [1.807, 2.05) is 4.90 Å². The number of morpholine rings is 1. The Balaban J connectivity index is 1.32. The third kappa shape index (κ3) is 3.26. The zero-order valence-electron chi connectivity index (χ0n) is 15.3. The number of aromatic amines is 1. The SMILES string of the molecule is O=C(NC1CC1)[C@H]1CC[C@H]2OCCN(C(=O)c3cc(-n4cnnn4)n[nH]3)[C@@H]2C1. The molecule has 2 aromatic rings. The van der Waals surface area contributed by atoms with E-state index in [0.29, 0.717) is 37.1 Å². The van der Waals surface area contributed by atoms with Gasteiger partial charge in [-0.1, -0.05) is 0 Å². The van der Waals surface area contributed by atoms with Gasteiger partial charge in [0.05, 0.1) is 18.8 Å². The molecule has 0 bridgehead atoms. The molecule has 5 rings (SSSR count). The summed E-state index contributed by atoms with van der Waals surface area (Å²) in [4.78, 5) is 27.5. The number of rotatable bonds is 4. The van der Waals surface area contributed by atoms with E-state index in [9.17, 15) is 9.59 Å². The van der Waals surface area contributed by atoms with Gasteiger partial charge in [0, 0.05) is 24.6 Å². The fourth-order valence-electron chi connectivity index (χ4n) is 4.11. The molecule has 2 N–H and O–H groups in total. The highest BCUT2D eigenvalue weighted by Gasteiger charge is 2.42. The lowest BCUT2D eigenvalue weighted by Crippen LogP contribution is -2.57. The van der Waals surface area contributed by atoms with Gasteiger partial charge in [-0.3, -0.25) is 14.7 Å². The lowest BCUT2D eigenvalue weighted by atomic mass is 9.81. The molecule has 1 aliphatic heterocycles. The molecule has 2 aromatic heterocycles. The number of amides is 2. The second kappa shape index (κ2) is 6.97. The van der Waals surface area contributed by atoms with E-state index in [1.54, 1.807) is 6.07 Å². The normalized spacial score (nSPS) is 27.3. The standard InChI is InChI=1S/C17H22N8O3/c26-16(19-11-2-3-11)10-1-4-14-13(7-10)24(5-6-28-14)17(27)12-8-15(21-20-12)25-9-18-22-23-25/h8-11,13-14H,1-7H2,(H,19,26)(H,20,21)/t10-,13+,14+/m0/s1. The maximum absolute atomic E-state index is 13.1. The average molecular weight is 386 g/mol. The largest absolute Gasteiger partial charge is 0.374 e. The van der Waals surface area contributed by atoms with Crippen LogP contribution in [0.25, 0.3) is 5.82 Å². The smallest absolute Gasteiger partial charge is 0.272 e. The number of nitrogens with one attached hydrogen (secondary N) is 2. The summed E-state index contributed by atoms with van der Waals surface area (Å²) in [5.74, 6) is 0.343. The summed E-state index contributed by atoms with van der Waals surface area (Å²) in [6, 6.07) is 1.87. The van der Waals surface area contributed by atoms with Crippen molar-refractivity contribution >= 4 is 11.8 Å². The molecular formula is C17H22N8O3. The van der Waals surface area contributed by atoms with Crippen molar-refractivity contribution in [3.63, 3.8) is 0 Å². The quantitative estimate of drug-likeness (QED) is 0.736. The molecule has 3 aliphatic rings. The highest BCUT2D eigenvalue weighted by Crippen LogP contribution is 2.34. The number of hydrogen-bond acceptors (Lipinski definition) is 7. The second-order valence-electron chi connectivity index (χ2n) is 7.66. The number of aromatic nitrogens is 6. The first-order valence-electron chi connectivity index (χ1n) is 9.71. The van der Waals surface area contributed by atoms with Crippen LogP contribution in [0.1, 0.15) is 42.6 Å². The molecule has 0 unspecified atom stereocenters. The molecule has 2 saturated carbocycles. The third-order valence-electron chi connectivity index (χ3n) is 5.75. The van der Waals surface area contributed by atoms with Gasteiger partial charge in [0.15, 0.2) is 5.82 Å². The first-order chi connectivity index (χ1) is 13.7. The molecule has 11 heteroatoms. The number of carbonyl (C=O) groups excluding carboxylic acids is 2. The Labute approximate surface area is 160 Å². The average Bonchev–Trinajstić information content (AvgIpc) is 3.18. The summed E-state index contributed by atoms with van der Waals surface area (Å²) in [5.41, 5.74) is 0.371. The Bertz CT molecular complexity index is 862. The van der Waals surface area contributed by atoms with Crippen LogP contribution in [0, 0.1) is 5.92 Å². The minimum atomic E-state index is -0.145. The summed E-state index contributed by atoms with van der Waals surface area (Å²) < 4.78 is 7.28. The van der Waals surface area contributed by atoms with Gasteiger partial charge in [0.2, 0.25) is 5.91 Å². The second-order valence-corrected chi connectivity index (χ2v) is 7.66. The zero-order chi connectivity index (χ0) is 19.1. The van der Waals surface area contributed by atoms with Crippen molar-refractivity contribution < 1.29 is 14.3 Å². The minimum Gasteiger partial charge on any atom is -0.374 e. The molecule has 28 heavy (non-hydrogen) atoms. The number of carbonyl (C=O) groups is 2. The van der Waals surface area contributed by atoms with Crippen LogP contribution in [0.4, 0.5) is 0 Å². The van der Waals surface area contributed by atoms with Crippen LogP contribution in [-0.4, -0.2) is 78.5 Å². The first-order valence-corrected chi connectivity index (χ1v) is 9.71. The summed E-state index contributed by atoms with van der Waals surface area (Å²) in [6.45, 7) is 0.996. The molecule has 148 valence electrons. The van der Waals surface area contributed by atoms with Gasteiger partial charge in [-0.2, -0.15) is 9.78 Å². The van der Waals surface area contributed by atoms with Gasteiger partial charge >= 0.3 is 0 Å². The van der Waals surface area contributed by atoms with E-state index in [2.05, 4.69) is 31.0 Å². The van der Waals surface area contributed by atoms with Gasteiger partial charge in [-0.05, 0) is 42.5 Å². The van der Waals surface area contributed by atoms with E-state index in [1.165, 1.54) is 11.0 Å². The number of nitrogens with zero attached hydrogens (tertiary/aromatic N) is 6. The van der Waals surface area contributed by atoms with Crippen molar-refractivity contribution in [2.45, 2.75) is 50.3 Å². The zero-order valence-corrected chi connectivity index (χ0v) is 15.3. The Morgan fingerprint density at radius 2 is 2.14 bits per heavy atom. The molecular weight excluding hydrogens is 364 g/mol. The summed E-state index contributed by atoms with van der Waals surface area (Å²) in [6.07, 6.45) is 5.75. The summed E-state index contributed by atoms with van der Waals surface area (Å²) in [7, 11) is 0. The van der Waals surface area contributed by atoms with E-state index >= 15 is 0 Å². The first kappa shape index (κ1) is 17.3. The molecule has 2 amide bonds. The van der Waals surface area contributed by atoms with Crippen LogP contribution in [0.15, 0.2) is 12.4 Å². The number of H-pyrrole nitrogens is 1. The molecule has 3 fully saturated rings. The van der Waals surface area contributed by atoms with Gasteiger partial charge in [-0.15, -0.1) is 5.10 Å². The van der Waals surface area contributed by atoms with Crippen LogP contribution in [0.3, 0.4) is 0 Å². The highest BCUT2D eigenvalue weighted by atomic mass is 16.5. The fraction of sp³-hybridized carbons (Fsp3) is 0.647. The van der Waals surface area contributed by atoms with Gasteiger partial charge < -0.3 is 15.0 Å². The highest BCUT2D eigenvalue weighted by molar-refractivity contribution is 5.93. The van der Waals surface area contributed by atoms with E-state index in [0.717, 1.165) is 25.7 Å². The van der Waals surface area contributed by atoms with Gasteiger partial charge in [0.1, 0.15) is 12.0 Å². The van der Waals surface area contributed by atoms with Crippen LogP contribution in [0.2, 0.25) is 0 Å². The maximum Gasteiger partial charge on any atom is 0.272 e.